The van der Waals surface area contributed by atoms with Gasteiger partial charge < -0.3 is 0 Å². The van der Waals surface area contributed by atoms with E-state index in [-0.39, 0.29) is 11.5 Å². The second kappa shape index (κ2) is 5.41. The smallest absolute Gasteiger partial charge is 0.191 e. The van der Waals surface area contributed by atoms with Crippen molar-refractivity contribution in [1.29, 1.82) is 5.26 Å². The minimum atomic E-state index is -0.326. The summed E-state index contributed by atoms with van der Waals surface area (Å²) in [6.07, 6.45) is 0. The van der Waals surface area contributed by atoms with E-state index in [1.165, 1.54) is 12.1 Å². The predicted molar refractivity (Wildman–Crippen MR) is 80.9 cm³/mol. The molecule has 0 unspecified atom stereocenters. The number of aromatic nitrogens is 3. The monoisotopic (exact) mass is 292 g/mol. The Morgan fingerprint density at radius 3 is 2.27 bits per heavy atom. The Bertz CT molecular complexity index is 852. The van der Waals surface area contributed by atoms with E-state index in [0.717, 1.165) is 16.8 Å². The molecule has 0 aliphatic heterocycles. The van der Waals surface area contributed by atoms with E-state index < -0.39 is 0 Å². The van der Waals surface area contributed by atoms with Crippen molar-refractivity contribution >= 4 is 0 Å². The second-order valence-corrected chi connectivity index (χ2v) is 5.16. The first-order chi connectivity index (χ1) is 10.6. The van der Waals surface area contributed by atoms with Crippen LogP contribution in [0.4, 0.5) is 4.39 Å². The highest BCUT2D eigenvalue weighted by atomic mass is 19.1. The van der Waals surface area contributed by atoms with E-state index in [9.17, 15) is 9.65 Å². The number of hydrogen-bond donors (Lipinski definition) is 0. The Morgan fingerprint density at radius 2 is 1.68 bits per heavy atom. The highest BCUT2D eigenvalue weighted by Crippen LogP contribution is 2.26. The van der Waals surface area contributed by atoms with Crippen molar-refractivity contribution in [3.05, 3.63) is 65.1 Å². The maximum Gasteiger partial charge on any atom is 0.191 e. The van der Waals surface area contributed by atoms with Gasteiger partial charge in [0, 0.05) is 5.56 Å². The summed E-state index contributed by atoms with van der Waals surface area (Å²) in [5.41, 5.74) is 4.48. The summed E-state index contributed by atoms with van der Waals surface area (Å²) in [4.78, 5) is 0. The molecule has 5 heteroatoms. The van der Waals surface area contributed by atoms with Gasteiger partial charge in [-0.15, -0.1) is 5.10 Å². The van der Waals surface area contributed by atoms with Crippen LogP contribution in [0.3, 0.4) is 0 Å². The standard InChI is InChI=1S/C17H13FN4/c1-11-7-12(2)9-15(8-11)22-17(16(10-19)20-21-22)13-3-5-14(18)6-4-13/h3-9H,1-2H3. The summed E-state index contributed by atoms with van der Waals surface area (Å²) in [5, 5.41) is 17.3. The van der Waals surface area contributed by atoms with Gasteiger partial charge in [-0.3, -0.25) is 0 Å². The summed E-state index contributed by atoms with van der Waals surface area (Å²) in [5.74, 6) is -0.326. The Hall–Kier alpha value is -3.00. The van der Waals surface area contributed by atoms with Gasteiger partial charge in [-0.1, -0.05) is 11.3 Å². The molecule has 0 atom stereocenters. The van der Waals surface area contributed by atoms with Crippen LogP contribution in [0.1, 0.15) is 16.8 Å². The fraction of sp³-hybridized carbons (Fsp3) is 0.118. The van der Waals surface area contributed by atoms with Gasteiger partial charge in [0.2, 0.25) is 0 Å². The van der Waals surface area contributed by atoms with Crippen molar-refractivity contribution in [3.63, 3.8) is 0 Å². The molecule has 22 heavy (non-hydrogen) atoms. The lowest BCUT2D eigenvalue weighted by Crippen LogP contribution is -2.01. The van der Waals surface area contributed by atoms with Gasteiger partial charge in [-0.25, -0.2) is 9.07 Å². The van der Waals surface area contributed by atoms with Gasteiger partial charge in [0.1, 0.15) is 17.6 Å². The van der Waals surface area contributed by atoms with Crippen LogP contribution in [0.15, 0.2) is 42.5 Å². The number of aryl methyl sites for hydroxylation is 2. The van der Waals surface area contributed by atoms with Crippen LogP contribution in [-0.4, -0.2) is 15.0 Å². The zero-order valence-corrected chi connectivity index (χ0v) is 12.2. The fourth-order valence-electron chi connectivity index (χ4n) is 2.48. The maximum absolute atomic E-state index is 13.1. The fourth-order valence-corrected chi connectivity index (χ4v) is 2.48. The van der Waals surface area contributed by atoms with Gasteiger partial charge in [-0.05, 0) is 61.4 Å². The quantitative estimate of drug-likeness (QED) is 0.725. The second-order valence-electron chi connectivity index (χ2n) is 5.16. The minimum absolute atomic E-state index is 0.214. The molecule has 2 aromatic carbocycles. The topological polar surface area (TPSA) is 54.5 Å². The van der Waals surface area contributed by atoms with Crippen LogP contribution in [0.5, 0.6) is 0 Å². The van der Waals surface area contributed by atoms with Crippen molar-refractivity contribution in [2.75, 3.05) is 0 Å². The lowest BCUT2D eigenvalue weighted by atomic mass is 10.1. The average Bonchev–Trinajstić information content (AvgIpc) is 2.91. The van der Waals surface area contributed by atoms with Crippen molar-refractivity contribution in [2.24, 2.45) is 0 Å². The van der Waals surface area contributed by atoms with Crippen molar-refractivity contribution in [2.45, 2.75) is 13.8 Å². The molecule has 1 aromatic heterocycles. The third-order valence-corrected chi connectivity index (χ3v) is 3.34. The number of hydrogen-bond acceptors (Lipinski definition) is 3. The molecule has 3 rings (SSSR count). The summed E-state index contributed by atoms with van der Waals surface area (Å²) in [7, 11) is 0. The normalized spacial score (nSPS) is 10.5. The first-order valence-electron chi connectivity index (χ1n) is 6.79. The largest absolute Gasteiger partial charge is 0.211 e. The van der Waals surface area contributed by atoms with E-state index in [0.29, 0.717) is 11.3 Å². The lowest BCUT2D eigenvalue weighted by molar-refractivity contribution is 0.628. The van der Waals surface area contributed by atoms with Crippen LogP contribution in [0, 0.1) is 31.0 Å². The number of nitriles is 1. The molecular formula is C17H13FN4. The Balaban J connectivity index is 2.23. The molecule has 0 saturated heterocycles. The molecule has 1 heterocycles. The van der Waals surface area contributed by atoms with Gasteiger partial charge in [0.05, 0.1) is 5.69 Å². The molecule has 0 aliphatic rings. The van der Waals surface area contributed by atoms with Crippen molar-refractivity contribution < 1.29 is 4.39 Å². The molecular weight excluding hydrogens is 279 g/mol. The Kier molecular flexibility index (Phi) is 3.43. The first-order valence-corrected chi connectivity index (χ1v) is 6.79. The molecule has 0 amide bonds. The minimum Gasteiger partial charge on any atom is -0.211 e. The number of nitrogens with zero attached hydrogens (tertiary/aromatic N) is 4. The molecule has 108 valence electrons. The Morgan fingerprint density at radius 1 is 1.05 bits per heavy atom. The molecule has 0 aliphatic carbocycles. The summed E-state index contributed by atoms with van der Waals surface area (Å²) >= 11 is 0. The van der Waals surface area contributed by atoms with Crippen molar-refractivity contribution in [1.82, 2.24) is 15.0 Å². The van der Waals surface area contributed by atoms with Gasteiger partial charge in [-0.2, -0.15) is 5.26 Å². The highest BCUT2D eigenvalue weighted by molar-refractivity contribution is 5.67. The third kappa shape index (κ3) is 2.47. The zero-order valence-electron chi connectivity index (χ0n) is 12.2. The summed E-state index contributed by atoms with van der Waals surface area (Å²) < 4.78 is 14.8. The van der Waals surface area contributed by atoms with Gasteiger partial charge >= 0.3 is 0 Å². The van der Waals surface area contributed by atoms with E-state index in [4.69, 9.17) is 0 Å². The average molecular weight is 292 g/mol. The van der Waals surface area contributed by atoms with Crippen LogP contribution >= 0.6 is 0 Å². The van der Waals surface area contributed by atoms with E-state index >= 15 is 0 Å². The molecule has 0 spiro atoms. The summed E-state index contributed by atoms with van der Waals surface area (Å²) in [6, 6.07) is 14.0. The number of halogens is 1. The molecule has 0 radical (unpaired) electrons. The van der Waals surface area contributed by atoms with E-state index in [1.54, 1.807) is 16.8 Å². The Labute approximate surface area is 127 Å². The van der Waals surface area contributed by atoms with Crippen molar-refractivity contribution in [3.8, 4) is 23.0 Å². The van der Waals surface area contributed by atoms with Gasteiger partial charge in [0.15, 0.2) is 5.69 Å². The number of benzene rings is 2. The molecule has 3 aromatic rings. The zero-order chi connectivity index (χ0) is 15.7. The first kappa shape index (κ1) is 14.0. The molecule has 0 N–H and O–H groups in total. The van der Waals surface area contributed by atoms with Crippen LogP contribution in [0.25, 0.3) is 16.9 Å². The maximum atomic E-state index is 13.1. The number of rotatable bonds is 2. The van der Waals surface area contributed by atoms with Crippen LogP contribution in [0.2, 0.25) is 0 Å². The van der Waals surface area contributed by atoms with E-state index in [1.807, 2.05) is 32.0 Å². The highest BCUT2D eigenvalue weighted by Gasteiger charge is 2.16. The van der Waals surface area contributed by atoms with Gasteiger partial charge in [0.25, 0.3) is 0 Å². The molecule has 0 bridgehead atoms. The summed E-state index contributed by atoms with van der Waals surface area (Å²) in [6.45, 7) is 3.99. The van der Waals surface area contributed by atoms with Crippen LogP contribution < -0.4 is 0 Å². The molecule has 0 saturated carbocycles. The molecule has 0 fully saturated rings. The van der Waals surface area contributed by atoms with Crippen LogP contribution in [-0.2, 0) is 0 Å². The SMILES string of the molecule is Cc1cc(C)cc(-n2nnc(C#N)c2-c2ccc(F)cc2)c1. The third-order valence-electron chi connectivity index (χ3n) is 3.34. The van der Waals surface area contributed by atoms with E-state index in [2.05, 4.69) is 16.4 Å². The predicted octanol–water partition coefficient (Wildman–Crippen LogP) is 3.56. The molecule has 4 nitrogen and oxygen atoms in total. The lowest BCUT2D eigenvalue weighted by Gasteiger charge is -2.09.